The standard InChI is InChI=1S/C14H16OS/c1-15-13-7-2-5-12(11-13)6-3-8-14-9-4-10-16-14/h2,4-5,7,9-11H,3,6,8H2,1H3. The number of methoxy groups -OCH3 is 1. The number of rotatable bonds is 5. The van der Waals surface area contributed by atoms with Gasteiger partial charge in [-0.25, -0.2) is 0 Å². The predicted octanol–water partition coefficient (Wildman–Crippen LogP) is 3.93. The van der Waals surface area contributed by atoms with Crippen molar-refractivity contribution in [2.45, 2.75) is 19.3 Å². The van der Waals surface area contributed by atoms with Crippen LogP contribution in [0.25, 0.3) is 0 Å². The molecule has 1 aromatic carbocycles. The Labute approximate surface area is 101 Å². The Morgan fingerprint density at radius 1 is 1.12 bits per heavy atom. The number of hydrogen-bond donors (Lipinski definition) is 0. The number of hydrogen-bond acceptors (Lipinski definition) is 2. The molecule has 0 aliphatic heterocycles. The molecule has 0 bridgehead atoms. The van der Waals surface area contributed by atoms with E-state index in [9.17, 15) is 0 Å². The molecule has 0 spiro atoms. The highest BCUT2D eigenvalue weighted by molar-refractivity contribution is 7.09. The topological polar surface area (TPSA) is 9.23 Å². The highest BCUT2D eigenvalue weighted by Gasteiger charge is 1.98. The van der Waals surface area contributed by atoms with Gasteiger partial charge in [0.05, 0.1) is 7.11 Å². The summed E-state index contributed by atoms with van der Waals surface area (Å²) in [4.78, 5) is 1.47. The Hall–Kier alpha value is -1.28. The Kier molecular flexibility index (Phi) is 4.00. The summed E-state index contributed by atoms with van der Waals surface area (Å²) in [5.41, 5.74) is 1.36. The molecule has 2 heteroatoms. The maximum Gasteiger partial charge on any atom is 0.119 e. The molecule has 0 aliphatic rings. The molecular weight excluding hydrogens is 216 g/mol. The Bertz CT molecular complexity index is 420. The van der Waals surface area contributed by atoms with Gasteiger partial charge in [-0.15, -0.1) is 11.3 Å². The van der Waals surface area contributed by atoms with Crippen LogP contribution >= 0.6 is 11.3 Å². The van der Waals surface area contributed by atoms with Gasteiger partial charge < -0.3 is 4.74 Å². The highest BCUT2D eigenvalue weighted by Crippen LogP contribution is 2.16. The van der Waals surface area contributed by atoms with Crippen molar-refractivity contribution >= 4 is 11.3 Å². The van der Waals surface area contributed by atoms with Gasteiger partial charge in [-0.2, -0.15) is 0 Å². The smallest absolute Gasteiger partial charge is 0.119 e. The van der Waals surface area contributed by atoms with Crippen LogP contribution in [0.2, 0.25) is 0 Å². The molecule has 2 aromatic rings. The van der Waals surface area contributed by atoms with Gasteiger partial charge in [0.15, 0.2) is 0 Å². The largest absolute Gasteiger partial charge is 0.497 e. The fourth-order valence-electron chi connectivity index (χ4n) is 1.75. The molecule has 84 valence electrons. The summed E-state index contributed by atoms with van der Waals surface area (Å²) < 4.78 is 5.21. The van der Waals surface area contributed by atoms with E-state index in [0.29, 0.717) is 0 Å². The van der Waals surface area contributed by atoms with Gasteiger partial charge >= 0.3 is 0 Å². The van der Waals surface area contributed by atoms with E-state index in [0.717, 1.165) is 12.2 Å². The minimum absolute atomic E-state index is 0.952. The van der Waals surface area contributed by atoms with Crippen molar-refractivity contribution in [2.24, 2.45) is 0 Å². The first-order chi connectivity index (χ1) is 7.88. The average molecular weight is 232 g/mol. The van der Waals surface area contributed by atoms with Crippen LogP contribution in [0.1, 0.15) is 16.9 Å². The molecule has 0 amide bonds. The highest BCUT2D eigenvalue weighted by atomic mass is 32.1. The Balaban J connectivity index is 1.85. The minimum atomic E-state index is 0.952. The lowest BCUT2D eigenvalue weighted by Crippen LogP contribution is -1.89. The number of ether oxygens (including phenoxy) is 1. The molecule has 0 saturated carbocycles. The van der Waals surface area contributed by atoms with E-state index >= 15 is 0 Å². The fourth-order valence-corrected chi connectivity index (χ4v) is 2.50. The number of aryl methyl sites for hydroxylation is 2. The molecule has 0 saturated heterocycles. The SMILES string of the molecule is COc1cccc(CCCc2cccs2)c1. The Morgan fingerprint density at radius 2 is 2.06 bits per heavy atom. The lowest BCUT2D eigenvalue weighted by Gasteiger charge is -2.03. The van der Waals surface area contributed by atoms with Crippen LogP contribution in [-0.2, 0) is 12.8 Å². The van der Waals surface area contributed by atoms with Gasteiger partial charge in [0.2, 0.25) is 0 Å². The first-order valence-electron chi connectivity index (χ1n) is 5.54. The first-order valence-corrected chi connectivity index (χ1v) is 6.42. The summed E-state index contributed by atoms with van der Waals surface area (Å²) in [7, 11) is 1.71. The molecule has 2 rings (SSSR count). The van der Waals surface area contributed by atoms with Crippen LogP contribution in [0.5, 0.6) is 5.75 Å². The molecule has 1 nitrogen and oxygen atoms in total. The van der Waals surface area contributed by atoms with Crippen LogP contribution in [0, 0.1) is 0 Å². The van der Waals surface area contributed by atoms with E-state index < -0.39 is 0 Å². The van der Waals surface area contributed by atoms with Gasteiger partial charge in [-0.05, 0) is 48.4 Å². The van der Waals surface area contributed by atoms with E-state index in [1.807, 2.05) is 17.4 Å². The lowest BCUT2D eigenvalue weighted by atomic mass is 10.1. The van der Waals surface area contributed by atoms with Crippen molar-refractivity contribution in [1.29, 1.82) is 0 Å². The van der Waals surface area contributed by atoms with Crippen molar-refractivity contribution in [3.63, 3.8) is 0 Å². The summed E-state index contributed by atoms with van der Waals surface area (Å²) in [6.45, 7) is 0. The number of benzene rings is 1. The Morgan fingerprint density at radius 3 is 2.81 bits per heavy atom. The second-order valence-electron chi connectivity index (χ2n) is 3.78. The second kappa shape index (κ2) is 5.71. The minimum Gasteiger partial charge on any atom is -0.497 e. The zero-order chi connectivity index (χ0) is 11.2. The maximum atomic E-state index is 5.21. The zero-order valence-electron chi connectivity index (χ0n) is 9.48. The molecule has 0 fully saturated rings. The van der Waals surface area contributed by atoms with E-state index in [1.165, 1.54) is 23.3 Å². The third kappa shape index (κ3) is 3.11. The van der Waals surface area contributed by atoms with Crippen LogP contribution in [0.15, 0.2) is 41.8 Å². The van der Waals surface area contributed by atoms with E-state index in [4.69, 9.17) is 4.74 Å². The monoisotopic (exact) mass is 232 g/mol. The third-order valence-electron chi connectivity index (χ3n) is 2.60. The van der Waals surface area contributed by atoms with Crippen molar-refractivity contribution in [2.75, 3.05) is 7.11 Å². The molecule has 0 radical (unpaired) electrons. The van der Waals surface area contributed by atoms with E-state index in [2.05, 4.69) is 35.7 Å². The molecule has 1 heterocycles. The quantitative estimate of drug-likeness (QED) is 0.759. The molecule has 1 aromatic heterocycles. The fraction of sp³-hybridized carbons (Fsp3) is 0.286. The summed E-state index contributed by atoms with van der Waals surface area (Å²) in [5, 5.41) is 2.14. The van der Waals surface area contributed by atoms with Gasteiger partial charge in [0.1, 0.15) is 5.75 Å². The third-order valence-corrected chi connectivity index (χ3v) is 3.54. The van der Waals surface area contributed by atoms with Crippen molar-refractivity contribution in [3.05, 3.63) is 52.2 Å². The molecule has 0 unspecified atom stereocenters. The van der Waals surface area contributed by atoms with Gasteiger partial charge in [-0.3, -0.25) is 0 Å². The molecule has 0 aliphatic carbocycles. The summed E-state index contributed by atoms with van der Waals surface area (Å²) in [6.07, 6.45) is 3.50. The summed E-state index contributed by atoms with van der Waals surface area (Å²) >= 11 is 1.84. The maximum absolute atomic E-state index is 5.21. The van der Waals surface area contributed by atoms with Gasteiger partial charge in [0, 0.05) is 4.88 Å². The van der Waals surface area contributed by atoms with Crippen LogP contribution in [0.3, 0.4) is 0 Å². The van der Waals surface area contributed by atoms with Gasteiger partial charge in [-0.1, -0.05) is 18.2 Å². The lowest BCUT2D eigenvalue weighted by molar-refractivity contribution is 0.414. The molecular formula is C14H16OS. The predicted molar refractivity (Wildman–Crippen MR) is 69.3 cm³/mol. The van der Waals surface area contributed by atoms with Crippen LogP contribution < -0.4 is 4.74 Å². The molecule has 16 heavy (non-hydrogen) atoms. The van der Waals surface area contributed by atoms with Crippen LogP contribution in [0.4, 0.5) is 0 Å². The van der Waals surface area contributed by atoms with E-state index in [1.54, 1.807) is 7.11 Å². The first kappa shape index (κ1) is 11.2. The second-order valence-corrected chi connectivity index (χ2v) is 4.82. The average Bonchev–Trinajstić information content (AvgIpc) is 2.82. The van der Waals surface area contributed by atoms with Crippen LogP contribution in [-0.4, -0.2) is 7.11 Å². The normalized spacial score (nSPS) is 10.3. The van der Waals surface area contributed by atoms with Crippen molar-refractivity contribution in [1.82, 2.24) is 0 Å². The van der Waals surface area contributed by atoms with E-state index in [-0.39, 0.29) is 0 Å². The number of thiophene rings is 1. The van der Waals surface area contributed by atoms with Crippen molar-refractivity contribution < 1.29 is 4.74 Å². The zero-order valence-corrected chi connectivity index (χ0v) is 10.3. The molecule has 0 N–H and O–H groups in total. The van der Waals surface area contributed by atoms with Crippen molar-refractivity contribution in [3.8, 4) is 5.75 Å². The summed E-state index contributed by atoms with van der Waals surface area (Å²) in [5.74, 6) is 0.952. The molecule has 0 atom stereocenters. The summed E-state index contributed by atoms with van der Waals surface area (Å²) in [6, 6.07) is 12.6. The van der Waals surface area contributed by atoms with Gasteiger partial charge in [0.25, 0.3) is 0 Å².